The van der Waals surface area contributed by atoms with E-state index in [0.717, 1.165) is 0 Å². The van der Waals surface area contributed by atoms with E-state index < -0.39 is 6.61 Å². The molecular weight excluding hydrogens is 344 g/mol. The first kappa shape index (κ1) is 17.7. The van der Waals surface area contributed by atoms with E-state index in [2.05, 4.69) is 4.74 Å². The molecule has 0 unspecified atom stereocenters. The predicted octanol–water partition coefficient (Wildman–Crippen LogP) is 3.91. The first-order valence-electron chi connectivity index (χ1n) is 6.93. The Morgan fingerprint density at radius 2 is 2.09 bits per heavy atom. The lowest BCUT2D eigenvalue weighted by molar-refractivity contribution is -0.121. The third-order valence-corrected chi connectivity index (χ3v) is 4.35. The van der Waals surface area contributed by atoms with Crippen LogP contribution in [0.3, 0.4) is 0 Å². The molecule has 1 aromatic carbocycles. The Balaban J connectivity index is 2.30. The fraction of sp³-hybridized carbons (Fsp3) is 0.333. The summed E-state index contributed by atoms with van der Waals surface area (Å²) < 4.78 is 35.0. The first-order chi connectivity index (χ1) is 11.0. The Bertz CT molecular complexity index is 650. The molecule has 1 fully saturated rings. The zero-order valence-electron chi connectivity index (χ0n) is 12.5. The van der Waals surface area contributed by atoms with Crippen LogP contribution in [0.4, 0.5) is 8.78 Å². The highest BCUT2D eigenvalue weighted by molar-refractivity contribution is 8.26. The van der Waals surface area contributed by atoms with Gasteiger partial charge in [0.15, 0.2) is 11.5 Å². The summed E-state index contributed by atoms with van der Waals surface area (Å²) in [5.41, 5.74) is 0.645. The standard InChI is InChI=1S/C15H15F2NO3S2/c1-3-18-13(19)12(23-15(18)22)8-9-5-6-10(21-14(16)17)11(7-9)20-4-2/h5-8,14H,3-4H2,1-2H3/b12-8+. The fourth-order valence-corrected chi connectivity index (χ4v) is 3.38. The maximum Gasteiger partial charge on any atom is 0.387 e. The van der Waals surface area contributed by atoms with E-state index in [1.54, 1.807) is 25.1 Å². The molecule has 1 aliphatic rings. The van der Waals surface area contributed by atoms with Crippen LogP contribution in [0, 0.1) is 0 Å². The van der Waals surface area contributed by atoms with E-state index in [1.807, 2.05) is 6.92 Å². The molecule has 1 amide bonds. The maximum absolute atomic E-state index is 12.4. The smallest absolute Gasteiger partial charge is 0.387 e. The number of thiocarbonyl (C=S) groups is 1. The Morgan fingerprint density at radius 1 is 1.35 bits per heavy atom. The number of likely N-dealkylation sites (N-methyl/N-ethyl adjacent to an activating group) is 1. The van der Waals surface area contributed by atoms with Gasteiger partial charge in [0.2, 0.25) is 0 Å². The minimum atomic E-state index is -2.93. The minimum Gasteiger partial charge on any atom is -0.490 e. The SMILES string of the molecule is CCOc1cc(/C=C2/SC(=S)N(CC)C2=O)ccc1OC(F)F. The molecule has 1 saturated heterocycles. The Kier molecular flexibility index (Phi) is 5.95. The highest BCUT2D eigenvalue weighted by Crippen LogP contribution is 2.35. The number of alkyl halides is 2. The molecule has 0 aromatic heterocycles. The second kappa shape index (κ2) is 7.74. The minimum absolute atomic E-state index is 0.0416. The third-order valence-electron chi connectivity index (χ3n) is 2.97. The van der Waals surface area contributed by atoms with Gasteiger partial charge in [-0.05, 0) is 37.6 Å². The molecule has 0 spiro atoms. The van der Waals surface area contributed by atoms with E-state index in [9.17, 15) is 13.6 Å². The largest absolute Gasteiger partial charge is 0.490 e. The van der Waals surface area contributed by atoms with Crippen LogP contribution in [-0.2, 0) is 4.79 Å². The van der Waals surface area contributed by atoms with Crippen LogP contribution in [-0.4, -0.2) is 34.9 Å². The molecule has 8 heteroatoms. The number of nitrogens with zero attached hydrogens (tertiary/aromatic N) is 1. The lowest BCUT2D eigenvalue weighted by Gasteiger charge is -2.12. The highest BCUT2D eigenvalue weighted by Gasteiger charge is 2.30. The molecule has 1 aliphatic heterocycles. The number of halogens is 2. The number of benzene rings is 1. The Morgan fingerprint density at radius 3 is 2.65 bits per heavy atom. The molecule has 1 aromatic rings. The zero-order valence-corrected chi connectivity index (χ0v) is 14.2. The van der Waals surface area contributed by atoms with Gasteiger partial charge < -0.3 is 9.47 Å². The van der Waals surface area contributed by atoms with Crippen molar-refractivity contribution in [2.24, 2.45) is 0 Å². The number of ether oxygens (including phenoxy) is 2. The van der Waals surface area contributed by atoms with Gasteiger partial charge in [0, 0.05) is 6.54 Å². The molecule has 0 bridgehead atoms. The normalized spacial score (nSPS) is 16.6. The lowest BCUT2D eigenvalue weighted by Crippen LogP contribution is -2.27. The van der Waals surface area contributed by atoms with Crippen molar-refractivity contribution in [2.75, 3.05) is 13.2 Å². The second-order valence-corrected chi connectivity index (χ2v) is 6.12. The van der Waals surface area contributed by atoms with Crippen molar-refractivity contribution in [3.05, 3.63) is 28.7 Å². The number of hydrogen-bond acceptors (Lipinski definition) is 5. The molecule has 23 heavy (non-hydrogen) atoms. The van der Waals surface area contributed by atoms with E-state index in [4.69, 9.17) is 17.0 Å². The van der Waals surface area contributed by atoms with Crippen molar-refractivity contribution in [1.29, 1.82) is 0 Å². The average molecular weight is 359 g/mol. The van der Waals surface area contributed by atoms with Crippen molar-refractivity contribution in [3.63, 3.8) is 0 Å². The number of carbonyl (C=O) groups excluding carboxylic acids is 1. The molecular formula is C15H15F2NO3S2. The van der Waals surface area contributed by atoms with Gasteiger partial charge in [-0.1, -0.05) is 30.0 Å². The average Bonchev–Trinajstić information content (AvgIpc) is 2.75. The van der Waals surface area contributed by atoms with Gasteiger partial charge in [0.1, 0.15) is 4.32 Å². The van der Waals surface area contributed by atoms with Gasteiger partial charge in [-0.2, -0.15) is 8.78 Å². The Labute approximate surface area is 142 Å². The molecule has 1 heterocycles. The molecule has 0 saturated carbocycles. The van der Waals surface area contributed by atoms with Gasteiger partial charge in [0.25, 0.3) is 5.91 Å². The third kappa shape index (κ3) is 4.20. The van der Waals surface area contributed by atoms with Crippen LogP contribution in [0.15, 0.2) is 23.1 Å². The molecule has 0 aliphatic carbocycles. The van der Waals surface area contributed by atoms with Crippen LogP contribution in [0.25, 0.3) is 6.08 Å². The molecule has 4 nitrogen and oxygen atoms in total. The molecule has 0 N–H and O–H groups in total. The monoisotopic (exact) mass is 359 g/mol. The van der Waals surface area contributed by atoms with E-state index >= 15 is 0 Å². The summed E-state index contributed by atoms with van der Waals surface area (Å²) in [6.45, 7) is 1.47. The highest BCUT2D eigenvalue weighted by atomic mass is 32.2. The summed E-state index contributed by atoms with van der Waals surface area (Å²) in [5.74, 6) is 0.000920. The van der Waals surface area contributed by atoms with Gasteiger partial charge >= 0.3 is 6.61 Å². The number of thioether (sulfide) groups is 1. The van der Waals surface area contributed by atoms with Crippen LogP contribution < -0.4 is 9.47 Å². The van der Waals surface area contributed by atoms with Gasteiger partial charge in [-0.3, -0.25) is 9.69 Å². The molecule has 0 radical (unpaired) electrons. The summed E-state index contributed by atoms with van der Waals surface area (Å²) in [6.07, 6.45) is 1.66. The summed E-state index contributed by atoms with van der Waals surface area (Å²) in [5, 5.41) is 0. The molecule has 2 rings (SSSR count). The van der Waals surface area contributed by atoms with Crippen LogP contribution in [0.1, 0.15) is 19.4 Å². The molecule has 0 atom stereocenters. The second-order valence-electron chi connectivity index (χ2n) is 4.44. The maximum atomic E-state index is 12.4. The van der Waals surface area contributed by atoms with Crippen molar-refractivity contribution in [3.8, 4) is 11.5 Å². The number of hydrogen-bond donors (Lipinski definition) is 0. The Hall–Kier alpha value is -1.67. The van der Waals surface area contributed by atoms with Crippen molar-refractivity contribution in [2.45, 2.75) is 20.5 Å². The van der Waals surface area contributed by atoms with Crippen molar-refractivity contribution >= 4 is 40.3 Å². The van der Waals surface area contributed by atoms with Crippen LogP contribution >= 0.6 is 24.0 Å². The summed E-state index contributed by atoms with van der Waals surface area (Å²) in [6, 6.07) is 4.53. The van der Waals surface area contributed by atoms with E-state index in [-0.39, 0.29) is 17.4 Å². The number of rotatable bonds is 6. The van der Waals surface area contributed by atoms with Gasteiger partial charge in [-0.25, -0.2) is 0 Å². The van der Waals surface area contributed by atoms with Gasteiger partial charge in [0.05, 0.1) is 11.5 Å². The topological polar surface area (TPSA) is 38.8 Å². The van der Waals surface area contributed by atoms with Crippen molar-refractivity contribution in [1.82, 2.24) is 4.90 Å². The quantitative estimate of drug-likeness (QED) is 0.569. The van der Waals surface area contributed by atoms with E-state index in [0.29, 0.717) is 27.9 Å². The number of carbonyl (C=O) groups is 1. The van der Waals surface area contributed by atoms with Gasteiger partial charge in [-0.15, -0.1) is 0 Å². The fourth-order valence-electron chi connectivity index (χ4n) is 2.00. The molecule has 124 valence electrons. The summed E-state index contributed by atoms with van der Waals surface area (Å²) in [7, 11) is 0. The zero-order chi connectivity index (χ0) is 17.0. The van der Waals surface area contributed by atoms with Crippen molar-refractivity contribution < 1.29 is 23.0 Å². The van der Waals surface area contributed by atoms with E-state index in [1.165, 1.54) is 22.7 Å². The summed E-state index contributed by atoms with van der Waals surface area (Å²) >= 11 is 6.36. The summed E-state index contributed by atoms with van der Waals surface area (Å²) in [4.78, 5) is 14.2. The predicted molar refractivity (Wildman–Crippen MR) is 89.8 cm³/mol. The van der Waals surface area contributed by atoms with Crippen LogP contribution in [0.5, 0.6) is 11.5 Å². The first-order valence-corrected chi connectivity index (χ1v) is 8.15. The lowest BCUT2D eigenvalue weighted by atomic mass is 10.2. The van der Waals surface area contributed by atoms with Crippen LogP contribution in [0.2, 0.25) is 0 Å². The number of amides is 1.